The van der Waals surface area contributed by atoms with E-state index in [1.807, 2.05) is 44.3 Å². The van der Waals surface area contributed by atoms with Crippen molar-refractivity contribution in [3.05, 3.63) is 54.6 Å². The molecule has 0 heterocycles. The minimum absolute atomic E-state index is 0.134. The lowest BCUT2D eigenvalue weighted by atomic mass is 10.2. The van der Waals surface area contributed by atoms with Crippen LogP contribution in [0.4, 0.5) is 26.7 Å². The van der Waals surface area contributed by atoms with Gasteiger partial charge in [-0.15, -0.1) is 0 Å². The fourth-order valence-corrected chi connectivity index (χ4v) is 2.28. The van der Waals surface area contributed by atoms with Gasteiger partial charge >= 0.3 is 12.1 Å². The summed E-state index contributed by atoms with van der Waals surface area (Å²) in [6.07, 6.45) is -0.542. The van der Waals surface area contributed by atoms with Crippen LogP contribution in [0.25, 0.3) is 0 Å². The Morgan fingerprint density at radius 1 is 1.00 bits per heavy atom. The minimum Gasteiger partial charge on any atom is -0.453 e. The van der Waals surface area contributed by atoms with Crippen LogP contribution in [0.3, 0.4) is 0 Å². The first kappa shape index (κ1) is 19.1. The topological polar surface area (TPSA) is 82.7 Å². The van der Waals surface area contributed by atoms with Gasteiger partial charge in [0.15, 0.2) is 0 Å². The second-order valence-electron chi connectivity index (χ2n) is 5.82. The number of ether oxygens (including phenoxy) is 1. The van der Waals surface area contributed by atoms with Crippen molar-refractivity contribution in [2.24, 2.45) is 0 Å². The van der Waals surface area contributed by atoms with Gasteiger partial charge in [0.25, 0.3) is 0 Å². The summed E-state index contributed by atoms with van der Waals surface area (Å²) in [6, 6.07) is 16.6. The predicted molar refractivity (Wildman–Crippen MR) is 104 cm³/mol. The first-order valence-electron chi connectivity index (χ1n) is 8.27. The van der Waals surface area contributed by atoms with Crippen LogP contribution >= 0.6 is 0 Å². The van der Waals surface area contributed by atoms with Gasteiger partial charge in [-0.25, -0.2) is 9.59 Å². The molecular formula is C19H24N4O3. The molecule has 0 unspecified atom stereocenters. The van der Waals surface area contributed by atoms with Crippen molar-refractivity contribution in [2.75, 3.05) is 36.2 Å². The number of benzene rings is 2. The standard InChI is InChI=1S/C19H24N4O3/c1-14(23(2)17-7-5-4-6-8-17)13-20-18(24)21-15-9-11-16(12-10-15)22-19(25)26-3/h4-12,14H,13H2,1-3H3,(H,22,25)(H2,20,21,24)/t14-/m0/s1. The molecule has 0 aromatic heterocycles. The van der Waals surface area contributed by atoms with Gasteiger partial charge in [-0.05, 0) is 43.3 Å². The largest absolute Gasteiger partial charge is 0.453 e. The molecule has 0 bridgehead atoms. The second kappa shape index (κ2) is 9.31. The Labute approximate surface area is 153 Å². The number of likely N-dealkylation sites (N-methyl/N-ethyl adjacent to an activating group) is 1. The second-order valence-corrected chi connectivity index (χ2v) is 5.82. The highest BCUT2D eigenvalue weighted by Gasteiger charge is 2.11. The van der Waals surface area contributed by atoms with Crippen molar-refractivity contribution >= 4 is 29.2 Å². The van der Waals surface area contributed by atoms with Gasteiger partial charge in [0.05, 0.1) is 7.11 Å². The smallest absolute Gasteiger partial charge is 0.411 e. The molecular weight excluding hydrogens is 332 g/mol. The molecule has 2 aromatic rings. The molecule has 0 aliphatic heterocycles. The average Bonchev–Trinajstić information content (AvgIpc) is 2.67. The van der Waals surface area contributed by atoms with Gasteiger partial charge in [-0.2, -0.15) is 0 Å². The van der Waals surface area contributed by atoms with Crippen LogP contribution in [0, 0.1) is 0 Å². The van der Waals surface area contributed by atoms with E-state index in [-0.39, 0.29) is 12.1 Å². The van der Waals surface area contributed by atoms with Crippen LogP contribution in [0.1, 0.15) is 6.92 Å². The number of para-hydroxylation sites is 1. The van der Waals surface area contributed by atoms with Gasteiger partial charge in [0.1, 0.15) is 0 Å². The first-order valence-corrected chi connectivity index (χ1v) is 8.27. The molecule has 26 heavy (non-hydrogen) atoms. The number of rotatable bonds is 6. The van der Waals surface area contributed by atoms with Gasteiger partial charge < -0.3 is 20.3 Å². The number of nitrogens with zero attached hydrogens (tertiary/aromatic N) is 1. The zero-order valence-electron chi connectivity index (χ0n) is 15.2. The van der Waals surface area contributed by atoms with E-state index in [0.717, 1.165) is 5.69 Å². The fraction of sp³-hybridized carbons (Fsp3) is 0.263. The molecule has 0 radical (unpaired) electrons. The van der Waals surface area contributed by atoms with Gasteiger partial charge in [0.2, 0.25) is 0 Å². The molecule has 3 N–H and O–H groups in total. The van der Waals surface area contributed by atoms with E-state index in [4.69, 9.17) is 0 Å². The normalized spacial score (nSPS) is 11.2. The number of nitrogens with one attached hydrogen (secondary N) is 3. The molecule has 2 rings (SSSR count). The monoisotopic (exact) mass is 356 g/mol. The van der Waals surface area contributed by atoms with E-state index in [1.54, 1.807) is 24.3 Å². The summed E-state index contributed by atoms with van der Waals surface area (Å²) in [5.74, 6) is 0. The van der Waals surface area contributed by atoms with E-state index < -0.39 is 6.09 Å². The molecule has 1 atom stereocenters. The maximum atomic E-state index is 12.1. The van der Waals surface area contributed by atoms with Crippen molar-refractivity contribution < 1.29 is 14.3 Å². The van der Waals surface area contributed by atoms with Crippen molar-refractivity contribution in [2.45, 2.75) is 13.0 Å². The Hall–Kier alpha value is -3.22. The summed E-state index contributed by atoms with van der Waals surface area (Å²) in [6.45, 7) is 2.54. The maximum Gasteiger partial charge on any atom is 0.411 e. The lowest BCUT2D eigenvalue weighted by molar-refractivity contribution is 0.187. The highest BCUT2D eigenvalue weighted by molar-refractivity contribution is 5.90. The molecule has 0 aliphatic rings. The molecule has 0 saturated carbocycles. The van der Waals surface area contributed by atoms with E-state index in [2.05, 4.69) is 25.6 Å². The minimum atomic E-state index is -0.542. The van der Waals surface area contributed by atoms with Crippen molar-refractivity contribution in [1.29, 1.82) is 0 Å². The zero-order valence-corrected chi connectivity index (χ0v) is 15.2. The molecule has 2 aromatic carbocycles. The third kappa shape index (κ3) is 5.70. The number of anilines is 3. The molecule has 3 amide bonds. The summed E-state index contributed by atoms with van der Waals surface area (Å²) in [5, 5.41) is 8.16. The predicted octanol–water partition coefficient (Wildman–Crippen LogP) is 3.51. The maximum absolute atomic E-state index is 12.1. The molecule has 0 aliphatic carbocycles. The summed E-state index contributed by atoms with van der Waals surface area (Å²) in [5.41, 5.74) is 2.30. The highest BCUT2D eigenvalue weighted by atomic mass is 16.5. The number of hydrogen-bond donors (Lipinski definition) is 3. The molecule has 7 heteroatoms. The Balaban J connectivity index is 1.80. The number of amides is 3. The Kier molecular flexibility index (Phi) is 6.84. The zero-order chi connectivity index (χ0) is 18.9. The van der Waals surface area contributed by atoms with Crippen LogP contribution in [0.2, 0.25) is 0 Å². The Bertz CT molecular complexity index is 719. The Morgan fingerprint density at radius 2 is 1.58 bits per heavy atom. The fourth-order valence-electron chi connectivity index (χ4n) is 2.28. The molecule has 0 fully saturated rings. The SMILES string of the molecule is COC(=O)Nc1ccc(NC(=O)NC[C@H](C)N(C)c2ccccc2)cc1. The molecule has 7 nitrogen and oxygen atoms in total. The van der Waals surface area contributed by atoms with E-state index in [9.17, 15) is 9.59 Å². The van der Waals surface area contributed by atoms with Crippen LogP contribution in [0.15, 0.2) is 54.6 Å². The lowest BCUT2D eigenvalue weighted by Gasteiger charge is -2.27. The lowest BCUT2D eigenvalue weighted by Crippen LogP contribution is -2.41. The molecule has 0 saturated heterocycles. The van der Waals surface area contributed by atoms with Crippen LogP contribution in [0.5, 0.6) is 0 Å². The number of methoxy groups -OCH3 is 1. The van der Waals surface area contributed by atoms with Crippen LogP contribution in [-0.2, 0) is 4.74 Å². The van der Waals surface area contributed by atoms with E-state index >= 15 is 0 Å². The average molecular weight is 356 g/mol. The van der Waals surface area contributed by atoms with Crippen LogP contribution < -0.4 is 20.9 Å². The number of urea groups is 1. The summed E-state index contributed by atoms with van der Waals surface area (Å²) in [7, 11) is 3.29. The van der Waals surface area contributed by atoms with Crippen molar-refractivity contribution in [3.63, 3.8) is 0 Å². The van der Waals surface area contributed by atoms with Gasteiger partial charge in [0, 0.05) is 36.7 Å². The Morgan fingerprint density at radius 3 is 2.15 bits per heavy atom. The number of carbonyl (C=O) groups is 2. The quantitative estimate of drug-likeness (QED) is 0.740. The molecule has 0 spiro atoms. The van der Waals surface area contributed by atoms with E-state index in [0.29, 0.717) is 17.9 Å². The first-order chi connectivity index (χ1) is 12.5. The summed E-state index contributed by atoms with van der Waals surface area (Å²) < 4.78 is 4.52. The third-order valence-electron chi connectivity index (χ3n) is 3.96. The summed E-state index contributed by atoms with van der Waals surface area (Å²) in [4.78, 5) is 25.3. The van der Waals surface area contributed by atoms with Crippen LogP contribution in [-0.4, -0.2) is 38.9 Å². The van der Waals surface area contributed by atoms with Crippen molar-refractivity contribution in [3.8, 4) is 0 Å². The van der Waals surface area contributed by atoms with E-state index in [1.165, 1.54) is 7.11 Å². The van der Waals surface area contributed by atoms with Gasteiger partial charge in [-0.3, -0.25) is 5.32 Å². The highest BCUT2D eigenvalue weighted by Crippen LogP contribution is 2.15. The molecule has 138 valence electrons. The third-order valence-corrected chi connectivity index (χ3v) is 3.96. The number of hydrogen-bond acceptors (Lipinski definition) is 4. The van der Waals surface area contributed by atoms with Crippen molar-refractivity contribution in [1.82, 2.24) is 5.32 Å². The summed E-state index contributed by atoms with van der Waals surface area (Å²) >= 11 is 0. The van der Waals surface area contributed by atoms with Gasteiger partial charge in [-0.1, -0.05) is 18.2 Å². The number of carbonyl (C=O) groups excluding carboxylic acids is 2.